The van der Waals surface area contributed by atoms with E-state index < -0.39 is 5.97 Å². The van der Waals surface area contributed by atoms with E-state index in [2.05, 4.69) is 16.0 Å². The molecule has 0 spiro atoms. The summed E-state index contributed by atoms with van der Waals surface area (Å²) in [4.78, 5) is 17.3. The highest BCUT2D eigenvalue weighted by atomic mass is 16.5. The number of pyridine rings is 1. The van der Waals surface area contributed by atoms with Gasteiger partial charge in [-0.1, -0.05) is 6.07 Å². The molecule has 1 saturated heterocycles. The third-order valence-corrected chi connectivity index (χ3v) is 4.01. The average Bonchev–Trinajstić information content (AvgIpc) is 2.63. The van der Waals surface area contributed by atoms with Crippen LogP contribution < -0.4 is 9.64 Å². The third kappa shape index (κ3) is 3.63. The number of carboxylic acid groups (broad SMARTS) is 1. The molecule has 122 valence electrons. The number of aromatic carboxylic acids is 1. The minimum Gasteiger partial charge on any atom is -0.490 e. The summed E-state index contributed by atoms with van der Waals surface area (Å²) in [6, 6.07) is 14.2. The largest absolute Gasteiger partial charge is 0.490 e. The fourth-order valence-corrected chi connectivity index (χ4v) is 2.72. The minimum absolute atomic E-state index is 0.0588. The molecule has 1 aromatic heterocycles. The number of hydrogen-bond acceptors (Lipinski definition) is 5. The van der Waals surface area contributed by atoms with Crippen molar-refractivity contribution in [1.29, 1.82) is 5.26 Å². The maximum absolute atomic E-state index is 11.0. The van der Waals surface area contributed by atoms with E-state index in [-0.39, 0.29) is 11.8 Å². The first-order chi connectivity index (χ1) is 11.7. The lowest BCUT2D eigenvalue weighted by Crippen LogP contribution is -2.38. The van der Waals surface area contributed by atoms with Crippen molar-refractivity contribution in [2.75, 3.05) is 18.0 Å². The zero-order valence-corrected chi connectivity index (χ0v) is 13.1. The van der Waals surface area contributed by atoms with Crippen LogP contribution in [0.15, 0.2) is 42.5 Å². The Hall–Kier alpha value is -3.07. The highest BCUT2D eigenvalue weighted by Gasteiger charge is 2.22. The second kappa shape index (κ2) is 7.01. The molecular formula is C18H17N3O3. The number of carbonyl (C=O) groups is 1. The van der Waals surface area contributed by atoms with Gasteiger partial charge in [-0.25, -0.2) is 9.78 Å². The number of ether oxygens (including phenoxy) is 1. The molecule has 2 aromatic rings. The lowest BCUT2D eigenvalue weighted by Gasteiger charge is -2.33. The van der Waals surface area contributed by atoms with Crippen molar-refractivity contribution in [3.05, 3.63) is 53.7 Å². The fourth-order valence-electron chi connectivity index (χ4n) is 2.72. The molecule has 1 fully saturated rings. The zero-order chi connectivity index (χ0) is 16.9. The normalized spacial score (nSPS) is 14.9. The molecule has 2 heterocycles. The van der Waals surface area contributed by atoms with E-state index >= 15 is 0 Å². The summed E-state index contributed by atoms with van der Waals surface area (Å²) >= 11 is 0. The smallest absolute Gasteiger partial charge is 0.354 e. The molecule has 0 radical (unpaired) electrons. The third-order valence-electron chi connectivity index (χ3n) is 4.01. The van der Waals surface area contributed by atoms with Crippen molar-refractivity contribution < 1.29 is 14.6 Å². The number of rotatable bonds is 4. The quantitative estimate of drug-likeness (QED) is 0.931. The summed E-state index contributed by atoms with van der Waals surface area (Å²) in [5.74, 6) is 0.432. The van der Waals surface area contributed by atoms with E-state index in [1.54, 1.807) is 18.2 Å². The first-order valence-corrected chi connectivity index (χ1v) is 7.78. The lowest BCUT2D eigenvalue weighted by atomic mass is 10.1. The molecule has 1 aromatic carbocycles. The van der Waals surface area contributed by atoms with Gasteiger partial charge in [0.1, 0.15) is 17.7 Å². The Morgan fingerprint density at radius 2 is 1.92 bits per heavy atom. The number of benzene rings is 1. The van der Waals surface area contributed by atoms with Gasteiger partial charge in [-0.3, -0.25) is 0 Å². The second-order valence-electron chi connectivity index (χ2n) is 5.63. The molecule has 3 rings (SSSR count). The Morgan fingerprint density at radius 3 is 2.54 bits per heavy atom. The maximum atomic E-state index is 11.0. The van der Waals surface area contributed by atoms with Crippen LogP contribution in [0.5, 0.6) is 5.75 Å². The number of piperidine rings is 1. The number of aromatic nitrogens is 1. The fraction of sp³-hybridized carbons (Fsp3) is 0.278. The lowest BCUT2D eigenvalue weighted by molar-refractivity contribution is 0.0690. The summed E-state index contributed by atoms with van der Waals surface area (Å²) < 4.78 is 5.95. The SMILES string of the molecule is N#Cc1ccc(OC2CCN(c3cccc(C(=O)O)n3)CC2)cc1. The predicted octanol–water partition coefficient (Wildman–Crippen LogP) is 2.70. The molecule has 0 saturated carbocycles. The van der Waals surface area contributed by atoms with Gasteiger partial charge < -0.3 is 14.7 Å². The maximum Gasteiger partial charge on any atom is 0.354 e. The number of carboxylic acids is 1. The van der Waals surface area contributed by atoms with Crippen molar-refractivity contribution in [1.82, 2.24) is 4.98 Å². The van der Waals surface area contributed by atoms with Crippen LogP contribution in [0.4, 0.5) is 5.82 Å². The van der Waals surface area contributed by atoms with Crippen LogP contribution in [0.3, 0.4) is 0 Å². The molecule has 1 N–H and O–H groups in total. The Balaban J connectivity index is 1.58. The number of anilines is 1. The number of nitrogens with zero attached hydrogens (tertiary/aromatic N) is 3. The molecule has 0 atom stereocenters. The average molecular weight is 323 g/mol. The molecule has 24 heavy (non-hydrogen) atoms. The summed E-state index contributed by atoms with van der Waals surface area (Å²) in [6.07, 6.45) is 1.77. The van der Waals surface area contributed by atoms with Gasteiger partial charge in [0.15, 0.2) is 5.69 Å². The van der Waals surface area contributed by atoms with Crippen molar-refractivity contribution in [3.8, 4) is 11.8 Å². The Labute approximate surface area is 139 Å². The van der Waals surface area contributed by atoms with E-state index in [0.29, 0.717) is 11.4 Å². The molecule has 6 nitrogen and oxygen atoms in total. The van der Waals surface area contributed by atoms with Gasteiger partial charge >= 0.3 is 5.97 Å². The van der Waals surface area contributed by atoms with Crippen LogP contribution in [0.25, 0.3) is 0 Å². The van der Waals surface area contributed by atoms with Gasteiger partial charge in [0, 0.05) is 25.9 Å². The first kappa shape index (κ1) is 15.8. The first-order valence-electron chi connectivity index (χ1n) is 7.78. The van der Waals surface area contributed by atoms with Gasteiger partial charge in [-0.15, -0.1) is 0 Å². The Morgan fingerprint density at radius 1 is 1.21 bits per heavy atom. The van der Waals surface area contributed by atoms with Gasteiger partial charge in [-0.05, 0) is 36.4 Å². The zero-order valence-electron chi connectivity index (χ0n) is 13.1. The van der Waals surface area contributed by atoms with Crippen LogP contribution in [0.2, 0.25) is 0 Å². The standard InChI is InChI=1S/C18H17N3O3/c19-12-13-4-6-14(7-5-13)24-15-8-10-21(11-9-15)17-3-1-2-16(20-17)18(22)23/h1-7,15H,8-11H2,(H,22,23). The van der Waals surface area contributed by atoms with Crippen LogP contribution in [0, 0.1) is 11.3 Å². The highest BCUT2D eigenvalue weighted by Crippen LogP contribution is 2.22. The van der Waals surface area contributed by atoms with E-state index in [1.807, 2.05) is 18.2 Å². The Kier molecular flexibility index (Phi) is 4.62. The van der Waals surface area contributed by atoms with E-state index in [9.17, 15) is 4.79 Å². The van der Waals surface area contributed by atoms with E-state index in [0.717, 1.165) is 31.7 Å². The molecule has 0 aliphatic carbocycles. The van der Waals surface area contributed by atoms with Crippen LogP contribution in [-0.2, 0) is 0 Å². The minimum atomic E-state index is -1.02. The van der Waals surface area contributed by atoms with Crippen molar-refractivity contribution in [2.45, 2.75) is 18.9 Å². The van der Waals surface area contributed by atoms with Gasteiger partial charge in [0.2, 0.25) is 0 Å². The monoisotopic (exact) mass is 323 g/mol. The van der Waals surface area contributed by atoms with E-state index in [1.165, 1.54) is 6.07 Å². The summed E-state index contributed by atoms with van der Waals surface area (Å²) in [6.45, 7) is 1.52. The van der Waals surface area contributed by atoms with Gasteiger partial charge in [0.25, 0.3) is 0 Å². The molecule has 6 heteroatoms. The highest BCUT2D eigenvalue weighted by molar-refractivity contribution is 5.85. The van der Waals surface area contributed by atoms with Crippen molar-refractivity contribution >= 4 is 11.8 Å². The number of nitriles is 1. The molecule has 0 amide bonds. The van der Waals surface area contributed by atoms with Crippen molar-refractivity contribution in [2.24, 2.45) is 0 Å². The summed E-state index contributed by atoms with van der Waals surface area (Å²) in [5, 5.41) is 17.8. The molecule has 1 aliphatic heterocycles. The molecule has 0 unspecified atom stereocenters. The van der Waals surface area contributed by atoms with Crippen LogP contribution in [0.1, 0.15) is 28.9 Å². The summed E-state index contributed by atoms with van der Waals surface area (Å²) in [5.41, 5.74) is 0.671. The predicted molar refractivity (Wildman–Crippen MR) is 88.2 cm³/mol. The molecule has 0 bridgehead atoms. The molecular weight excluding hydrogens is 306 g/mol. The van der Waals surface area contributed by atoms with Gasteiger partial charge in [-0.2, -0.15) is 5.26 Å². The topological polar surface area (TPSA) is 86.5 Å². The number of hydrogen-bond donors (Lipinski definition) is 1. The summed E-state index contributed by atoms with van der Waals surface area (Å²) in [7, 11) is 0. The van der Waals surface area contributed by atoms with Crippen LogP contribution in [-0.4, -0.2) is 35.3 Å². The van der Waals surface area contributed by atoms with E-state index in [4.69, 9.17) is 15.1 Å². The van der Waals surface area contributed by atoms with Gasteiger partial charge in [0.05, 0.1) is 11.6 Å². The van der Waals surface area contributed by atoms with Crippen molar-refractivity contribution in [3.63, 3.8) is 0 Å². The van der Waals surface area contributed by atoms with Crippen LogP contribution >= 0.6 is 0 Å². The second-order valence-corrected chi connectivity index (χ2v) is 5.63. The Bertz CT molecular complexity index is 760. The molecule has 1 aliphatic rings.